The smallest absolute Gasteiger partial charge is 0.197 e. The Morgan fingerprint density at radius 3 is 2.24 bits per heavy atom. The molecule has 0 fully saturated rings. The summed E-state index contributed by atoms with van der Waals surface area (Å²) in [6.45, 7) is 10.6. The van der Waals surface area contributed by atoms with Crippen LogP contribution < -0.4 is 14.2 Å². The second kappa shape index (κ2) is 9.04. The number of benzene rings is 2. The molecular weight excluding hydrogens is 423 g/mol. The Kier molecular flexibility index (Phi) is 6.73. The quantitative estimate of drug-likeness (QED) is 0.573. The Bertz CT molecular complexity index is 1100. The van der Waals surface area contributed by atoms with Crippen LogP contribution in [-0.2, 0) is 12.0 Å². The van der Waals surface area contributed by atoms with Crippen molar-refractivity contribution in [3.63, 3.8) is 0 Å². The molecule has 7 heteroatoms. The van der Waals surface area contributed by atoms with Crippen LogP contribution in [0.15, 0.2) is 18.2 Å². The number of ketones is 1. The van der Waals surface area contributed by atoms with Crippen LogP contribution in [0.5, 0.6) is 17.2 Å². The van der Waals surface area contributed by atoms with E-state index in [0.717, 1.165) is 16.9 Å². The highest BCUT2D eigenvalue weighted by molar-refractivity contribution is 6.06. The van der Waals surface area contributed by atoms with Gasteiger partial charge in [0.2, 0.25) is 0 Å². The maximum absolute atomic E-state index is 15.0. The SMILES string of the molecule is COc1cc2c(c(F)c1OC)C(=N)N(CC(=O)c1cc(C(C)C)c(OC)c(C(C)(C)C)c1)C2. The van der Waals surface area contributed by atoms with E-state index < -0.39 is 5.82 Å². The number of nitrogens with one attached hydrogen (secondary N) is 1. The predicted molar refractivity (Wildman–Crippen MR) is 127 cm³/mol. The first-order valence-electron chi connectivity index (χ1n) is 11.0. The lowest BCUT2D eigenvalue weighted by atomic mass is 9.82. The molecule has 0 amide bonds. The molecule has 2 aromatic rings. The van der Waals surface area contributed by atoms with E-state index in [4.69, 9.17) is 19.6 Å². The van der Waals surface area contributed by atoms with Gasteiger partial charge >= 0.3 is 0 Å². The van der Waals surface area contributed by atoms with Gasteiger partial charge in [0.15, 0.2) is 23.1 Å². The zero-order valence-corrected chi connectivity index (χ0v) is 20.7. The average molecular weight is 457 g/mol. The van der Waals surface area contributed by atoms with Gasteiger partial charge in [-0.2, -0.15) is 0 Å². The maximum atomic E-state index is 15.0. The second-order valence-corrected chi connectivity index (χ2v) is 9.64. The number of carbonyl (C=O) groups excluding carboxylic acids is 1. The summed E-state index contributed by atoms with van der Waals surface area (Å²) in [5.41, 5.74) is 3.00. The van der Waals surface area contributed by atoms with Gasteiger partial charge in [0.25, 0.3) is 0 Å². The van der Waals surface area contributed by atoms with Gasteiger partial charge in [-0.15, -0.1) is 0 Å². The van der Waals surface area contributed by atoms with Crippen LogP contribution in [0.4, 0.5) is 4.39 Å². The van der Waals surface area contributed by atoms with Gasteiger partial charge in [-0.3, -0.25) is 10.2 Å². The molecule has 0 aromatic heterocycles. The number of halogens is 1. The minimum absolute atomic E-state index is 0.0366. The molecule has 3 rings (SSSR count). The van der Waals surface area contributed by atoms with Crippen LogP contribution in [0.25, 0.3) is 0 Å². The summed E-state index contributed by atoms with van der Waals surface area (Å²) in [5.74, 6) is 0.372. The molecule has 33 heavy (non-hydrogen) atoms. The number of ether oxygens (including phenoxy) is 3. The zero-order valence-electron chi connectivity index (χ0n) is 20.7. The van der Waals surface area contributed by atoms with Crippen molar-refractivity contribution in [2.75, 3.05) is 27.9 Å². The fourth-order valence-electron chi connectivity index (χ4n) is 4.25. The van der Waals surface area contributed by atoms with Crippen LogP contribution in [0.2, 0.25) is 0 Å². The number of methoxy groups -OCH3 is 3. The molecule has 0 unspecified atom stereocenters. The van der Waals surface area contributed by atoms with Crippen LogP contribution in [-0.4, -0.2) is 44.4 Å². The Morgan fingerprint density at radius 2 is 1.73 bits per heavy atom. The number of carbonyl (C=O) groups is 1. The van der Waals surface area contributed by atoms with Crippen molar-refractivity contribution in [3.05, 3.63) is 51.8 Å². The first kappa shape index (κ1) is 24.6. The molecule has 1 aliphatic heterocycles. The fourth-order valence-corrected chi connectivity index (χ4v) is 4.25. The summed E-state index contributed by atoms with van der Waals surface area (Å²) in [6, 6.07) is 5.42. The maximum Gasteiger partial charge on any atom is 0.197 e. The predicted octanol–water partition coefficient (Wildman–Crippen LogP) is 5.30. The van der Waals surface area contributed by atoms with E-state index in [1.165, 1.54) is 14.2 Å². The van der Waals surface area contributed by atoms with Crippen molar-refractivity contribution >= 4 is 11.6 Å². The van der Waals surface area contributed by atoms with E-state index in [-0.39, 0.29) is 53.1 Å². The third-order valence-electron chi connectivity index (χ3n) is 6.02. The lowest BCUT2D eigenvalue weighted by Gasteiger charge is -2.26. The number of hydrogen-bond donors (Lipinski definition) is 1. The summed E-state index contributed by atoms with van der Waals surface area (Å²) < 4.78 is 31.1. The Labute approximate surface area is 195 Å². The lowest BCUT2D eigenvalue weighted by molar-refractivity contribution is 0.0962. The molecular formula is C26H33FN2O4. The molecule has 0 radical (unpaired) electrons. The lowest BCUT2D eigenvalue weighted by Crippen LogP contribution is -2.31. The number of Topliss-reactive ketones (excluding diaryl/α,β-unsaturated/α-hetero) is 1. The normalized spacial score (nSPS) is 13.4. The van der Waals surface area contributed by atoms with Crippen LogP contribution in [0, 0.1) is 11.2 Å². The van der Waals surface area contributed by atoms with Gasteiger partial charge in [-0.1, -0.05) is 34.6 Å². The molecule has 0 aliphatic carbocycles. The molecule has 0 saturated heterocycles. The van der Waals surface area contributed by atoms with Gasteiger partial charge in [0.1, 0.15) is 11.6 Å². The zero-order chi connectivity index (χ0) is 24.7. The summed E-state index contributed by atoms with van der Waals surface area (Å²) in [4.78, 5) is 14.9. The molecule has 0 bridgehead atoms. The molecule has 0 atom stereocenters. The van der Waals surface area contributed by atoms with E-state index in [9.17, 15) is 4.79 Å². The third kappa shape index (κ3) is 4.41. The largest absolute Gasteiger partial charge is 0.496 e. The van der Waals surface area contributed by atoms with Crippen molar-refractivity contribution in [1.29, 1.82) is 5.41 Å². The molecule has 0 saturated carbocycles. The Balaban J connectivity index is 1.97. The van der Waals surface area contributed by atoms with E-state index in [1.54, 1.807) is 18.1 Å². The number of amidine groups is 1. The van der Waals surface area contributed by atoms with E-state index in [1.807, 2.05) is 12.1 Å². The monoisotopic (exact) mass is 456 g/mol. The number of nitrogens with zero attached hydrogens (tertiary/aromatic N) is 1. The van der Waals surface area contributed by atoms with E-state index in [0.29, 0.717) is 11.1 Å². The van der Waals surface area contributed by atoms with Gasteiger partial charge in [0.05, 0.1) is 33.4 Å². The van der Waals surface area contributed by atoms with Gasteiger partial charge in [0, 0.05) is 17.7 Å². The minimum atomic E-state index is -0.645. The molecule has 1 aliphatic rings. The first-order valence-corrected chi connectivity index (χ1v) is 11.0. The Hall–Kier alpha value is -3.09. The molecule has 2 aromatic carbocycles. The molecule has 1 heterocycles. The summed E-state index contributed by atoms with van der Waals surface area (Å²) in [6.07, 6.45) is 0. The summed E-state index contributed by atoms with van der Waals surface area (Å²) in [5, 5.41) is 8.52. The molecule has 0 spiro atoms. The van der Waals surface area contributed by atoms with Crippen molar-refractivity contribution in [3.8, 4) is 17.2 Å². The van der Waals surface area contributed by atoms with Crippen molar-refractivity contribution in [2.24, 2.45) is 0 Å². The fraction of sp³-hybridized carbons (Fsp3) is 0.462. The Morgan fingerprint density at radius 1 is 1.09 bits per heavy atom. The molecule has 178 valence electrons. The van der Waals surface area contributed by atoms with Crippen LogP contribution in [0.3, 0.4) is 0 Å². The van der Waals surface area contributed by atoms with E-state index >= 15 is 4.39 Å². The van der Waals surface area contributed by atoms with Gasteiger partial charge in [-0.05, 0) is 40.7 Å². The number of fused-ring (bicyclic) bond motifs is 1. The summed E-state index contributed by atoms with van der Waals surface area (Å²) >= 11 is 0. The second-order valence-electron chi connectivity index (χ2n) is 9.64. The van der Waals surface area contributed by atoms with Crippen LogP contribution in [0.1, 0.15) is 73.1 Å². The highest BCUT2D eigenvalue weighted by Gasteiger charge is 2.33. The number of rotatable bonds is 7. The average Bonchev–Trinajstić information content (AvgIpc) is 3.06. The summed E-state index contributed by atoms with van der Waals surface area (Å²) in [7, 11) is 4.45. The highest BCUT2D eigenvalue weighted by Crippen LogP contribution is 2.40. The van der Waals surface area contributed by atoms with Crippen LogP contribution >= 0.6 is 0 Å². The molecule has 6 nitrogen and oxygen atoms in total. The van der Waals surface area contributed by atoms with Crippen molar-refractivity contribution in [2.45, 2.75) is 52.5 Å². The van der Waals surface area contributed by atoms with Gasteiger partial charge < -0.3 is 19.1 Å². The van der Waals surface area contributed by atoms with Crippen molar-refractivity contribution < 1.29 is 23.4 Å². The van der Waals surface area contributed by atoms with Crippen molar-refractivity contribution in [1.82, 2.24) is 4.90 Å². The van der Waals surface area contributed by atoms with E-state index in [2.05, 4.69) is 34.6 Å². The molecule has 1 N–H and O–H groups in total. The first-order chi connectivity index (χ1) is 15.4. The standard InChI is InChI=1S/C26H33FN2O4/c1-14(2)17-9-15(10-18(23(17)32-7)26(3,4)5)19(30)13-29-12-16-11-20(31-6)24(33-8)22(27)21(16)25(29)28/h9-11,14,28H,12-13H2,1-8H3. The van der Waals surface area contributed by atoms with Gasteiger partial charge in [-0.25, -0.2) is 4.39 Å². The highest BCUT2D eigenvalue weighted by atomic mass is 19.1. The number of hydrogen-bond acceptors (Lipinski definition) is 5. The topological polar surface area (TPSA) is 71.9 Å². The minimum Gasteiger partial charge on any atom is -0.496 e. The third-order valence-corrected chi connectivity index (χ3v) is 6.02.